The number of rotatable bonds is 4. The van der Waals surface area contributed by atoms with Gasteiger partial charge in [0.1, 0.15) is 0 Å². The molecule has 0 saturated heterocycles. The van der Waals surface area contributed by atoms with E-state index in [0.717, 1.165) is 11.1 Å². The molecule has 2 aromatic carbocycles. The van der Waals surface area contributed by atoms with Crippen LogP contribution in [0.1, 0.15) is 11.1 Å². The van der Waals surface area contributed by atoms with Gasteiger partial charge in [0.25, 0.3) is 0 Å². The molecule has 0 atom stereocenters. The van der Waals surface area contributed by atoms with Crippen LogP contribution in [0, 0.1) is 6.92 Å². The van der Waals surface area contributed by atoms with Crippen LogP contribution < -0.4 is 10.0 Å². The highest BCUT2D eigenvalue weighted by Gasteiger charge is 2.19. The third-order valence-electron chi connectivity index (χ3n) is 3.11. The summed E-state index contributed by atoms with van der Waals surface area (Å²) in [4.78, 5) is 0. The number of hydrogen-bond donors (Lipinski definition) is 1. The van der Waals surface area contributed by atoms with Gasteiger partial charge in [-0.2, -0.15) is 0 Å². The maximum Gasteiger partial charge on any atom is 0.239 e. The molecule has 20 heavy (non-hydrogen) atoms. The lowest BCUT2D eigenvalue weighted by Crippen LogP contribution is -2.27. The first-order valence-electron chi connectivity index (χ1n) is 6.26. The van der Waals surface area contributed by atoms with Crippen LogP contribution in [0.5, 0.6) is 0 Å². The Morgan fingerprint density at radius 1 is 1.10 bits per heavy atom. The van der Waals surface area contributed by atoms with Crippen molar-refractivity contribution in [3.8, 4) is 0 Å². The third-order valence-corrected chi connectivity index (χ3v) is 4.85. The molecular formula is C15H18N2O2S. The minimum Gasteiger partial charge on any atom is -0.399 e. The summed E-state index contributed by atoms with van der Waals surface area (Å²) in [5, 5.41) is 0. The van der Waals surface area contributed by atoms with Crippen molar-refractivity contribution in [2.75, 3.05) is 17.1 Å². The van der Waals surface area contributed by atoms with Crippen molar-refractivity contribution >= 4 is 21.4 Å². The maximum absolute atomic E-state index is 12.4. The number of benzene rings is 2. The Morgan fingerprint density at radius 3 is 2.35 bits per heavy atom. The Bertz CT molecular complexity index is 694. The molecule has 0 aliphatic carbocycles. The van der Waals surface area contributed by atoms with Gasteiger partial charge >= 0.3 is 0 Å². The first kappa shape index (κ1) is 14.4. The zero-order valence-electron chi connectivity index (χ0n) is 11.6. The van der Waals surface area contributed by atoms with Gasteiger partial charge in [-0.15, -0.1) is 0 Å². The summed E-state index contributed by atoms with van der Waals surface area (Å²) in [6.07, 6.45) is 0. The van der Waals surface area contributed by atoms with Crippen molar-refractivity contribution in [1.29, 1.82) is 0 Å². The minimum absolute atomic E-state index is 0.0439. The molecule has 0 unspecified atom stereocenters. The Hall–Kier alpha value is -2.01. The lowest BCUT2D eigenvalue weighted by molar-refractivity contribution is 0.593. The molecule has 0 radical (unpaired) electrons. The number of nitrogen functional groups attached to an aromatic ring is 1. The average Bonchev–Trinajstić information content (AvgIpc) is 2.40. The largest absolute Gasteiger partial charge is 0.399 e. The van der Waals surface area contributed by atoms with Crippen LogP contribution in [-0.2, 0) is 15.8 Å². The molecule has 106 valence electrons. The number of hydrogen-bond acceptors (Lipinski definition) is 3. The Morgan fingerprint density at radius 2 is 1.75 bits per heavy atom. The number of aryl methyl sites for hydroxylation is 1. The van der Waals surface area contributed by atoms with E-state index in [1.807, 2.05) is 25.1 Å². The van der Waals surface area contributed by atoms with Crippen molar-refractivity contribution in [3.63, 3.8) is 0 Å². The summed E-state index contributed by atoms with van der Waals surface area (Å²) < 4.78 is 26.1. The van der Waals surface area contributed by atoms with E-state index >= 15 is 0 Å². The van der Waals surface area contributed by atoms with E-state index < -0.39 is 10.0 Å². The predicted octanol–water partition coefficient (Wildman–Crippen LogP) is 2.54. The van der Waals surface area contributed by atoms with Gasteiger partial charge in [0.15, 0.2) is 0 Å². The standard InChI is InChI=1S/C15H18N2O2S/c1-12-4-3-5-15(10-12)17(2)20(18,19)11-13-6-8-14(16)9-7-13/h3-10H,11,16H2,1-2H3. The molecule has 2 N–H and O–H groups in total. The average molecular weight is 290 g/mol. The molecule has 0 fully saturated rings. The van der Waals surface area contributed by atoms with Gasteiger partial charge in [0, 0.05) is 12.7 Å². The number of anilines is 2. The molecule has 0 aromatic heterocycles. The quantitative estimate of drug-likeness (QED) is 0.880. The Kier molecular flexibility index (Phi) is 3.99. The number of nitrogens with zero attached hydrogens (tertiary/aromatic N) is 1. The van der Waals surface area contributed by atoms with Gasteiger partial charge in [0.05, 0.1) is 11.4 Å². The van der Waals surface area contributed by atoms with Crippen LogP contribution in [0.3, 0.4) is 0 Å². The van der Waals surface area contributed by atoms with E-state index in [0.29, 0.717) is 11.4 Å². The second-order valence-corrected chi connectivity index (χ2v) is 6.80. The molecule has 2 rings (SSSR count). The molecule has 5 heteroatoms. The van der Waals surface area contributed by atoms with Gasteiger partial charge in [-0.25, -0.2) is 8.42 Å². The van der Waals surface area contributed by atoms with Crippen molar-refractivity contribution in [3.05, 3.63) is 59.7 Å². The Balaban J connectivity index is 2.24. The highest BCUT2D eigenvalue weighted by Crippen LogP contribution is 2.20. The normalized spacial score (nSPS) is 11.3. The van der Waals surface area contributed by atoms with Crippen LogP contribution >= 0.6 is 0 Å². The second-order valence-electron chi connectivity index (χ2n) is 4.80. The molecule has 0 bridgehead atoms. The van der Waals surface area contributed by atoms with Gasteiger partial charge in [-0.3, -0.25) is 4.31 Å². The molecule has 4 nitrogen and oxygen atoms in total. The molecule has 0 amide bonds. The summed E-state index contributed by atoms with van der Waals surface area (Å²) >= 11 is 0. The SMILES string of the molecule is Cc1cccc(N(C)S(=O)(=O)Cc2ccc(N)cc2)c1. The number of sulfonamides is 1. The van der Waals surface area contributed by atoms with E-state index in [4.69, 9.17) is 5.73 Å². The fourth-order valence-corrected chi connectivity index (χ4v) is 3.15. The second kappa shape index (κ2) is 5.54. The van der Waals surface area contributed by atoms with E-state index in [2.05, 4.69) is 0 Å². The van der Waals surface area contributed by atoms with Crippen LogP contribution in [0.4, 0.5) is 11.4 Å². The Labute approximate surface area is 119 Å². The van der Waals surface area contributed by atoms with Crippen molar-refractivity contribution < 1.29 is 8.42 Å². The zero-order valence-corrected chi connectivity index (χ0v) is 12.4. The summed E-state index contributed by atoms with van der Waals surface area (Å²) in [5.74, 6) is -0.0439. The summed E-state index contributed by atoms with van der Waals surface area (Å²) in [5.41, 5.74) is 8.63. The smallest absolute Gasteiger partial charge is 0.239 e. The van der Waals surface area contributed by atoms with E-state index in [9.17, 15) is 8.42 Å². The van der Waals surface area contributed by atoms with E-state index in [1.54, 1.807) is 37.4 Å². The first-order valence-corrected chi connectivity index (χ1v) is 7.87. The summed E-state index contributed by atoms with van der Waals surface area (Å²) in [6, 6.07) is 14.3. The van der Waals surface area contributed by atoms with Crippen LogP contribution in [0.25, 0.3) is 0 Å². The predicted molar refractivity (Wildman–Crippen MR) is 83.1 cm³/mol. The lowest BCUT2D eigenvalue weighted by atomic mass is 10.2. The molecule has 0 aliphatic rings. The van der Waals surface area contributed by atoms with Crippen molar-refractivity contribution in [1.82, 2.24) is 0 Å². The summed E-state index contributed by atoms with van der Waals surface area (Å²) in [7, 11) is -1.83. The molecule has 0 heterocycles. The summed E-state index contributed by atoms with van der Waals surface area (Å²) in [6.45, 7) is 1.93. The van der Waals surface area contributed by atoms with E-state index in [-0.39, 0.29) is 5.75 Å². The van der Waals surface area contributed by atoms with E-state index in [1.165, 1.54) is 4.31 Å². The fraction of sp³-hybridized carbons (Fsp3) is 0.200. The van der Waals surface area contributed by atoms with Gasteiger partial charge in [-0.1, -0.05) is 24.3 Å². The van der Waals surface area contributed by atoms with Gasteiger partial charge < -0.3 is 5.73 Å². The van der Waals surface area contributed by atoms with Crippen LogP contribution in [0.2, 0.25) is 0 Å². The lowest BCUT2D eigenvalue weighted by Gasteiger charge is -2.20. The van der Waals surface area contributed by atoms with Crippen molar-refractivity contribution in [2.24, 2.45) is 0 Å². The fourth-order valence-electron chi connectivity index (χ4n) is 1.91. The molecule has 0 spiro atoms. The zero-order chi connectivity index (χ0) is 14.8. The first-order chi connectivity index (χ1) is 9.38. The highest BCUT2D eigenvalue weighted by molar-refractivity contribution is 7.92. The van der Waals surface area contributed by atoms with Crippen LogP contribution in [-0.4, -0.2) is 15.5 Å². The minimum atomic E-state index is -3.40. The van der Waals surface area contributed by atoms with Gasteiger partial charge in [-0.05, 0) is 42.3 Å². The highest BCUT2D eigenvalue weighted by atomic mass is 32.2. The molecule has 2 aromatic rings. The monoisotopic (exact) mass is 290 g/mol. The maximum atomic E-state index is 12.4. The molecular weight excluding hydrogens is 272 g/mol. The number of nitrogens with two attached hydrogens (primary N) is 1. The third kappa shape index (κ3) is 3.30. The van der Waals surface area contributed by atoms with Crippen LogP contribution in [0.15, 0.2) is 48.5 Å². The van der Waals surface area contributed by atoms with Gasteiger partial charge in [0.2, 0.25) is 10.0 Å². The molecule has 0 saturated carbocycles. The topological polar surface area (TPSA) is 63.4 Å². The molecule has 0 aliphatic heterocycles. The van der Waals surface area contributed by atoms with Crippen molar-refractivity contribution in [2.45, 2.75) is 12.7 Å².